The molecule has 0 spiro atoms. The summed E-state index contributed by atoms with van der Waals surface area (Å²) in [5.41, 5.74) is 2.44. The molecule has 2 aromatic carbocycles. The Hall–Kier alpha value is -2.00. The summed E-state index contributed by atoms with van der Waals surface area (Å²) in [5.74, 6) is 2.56. The number of rotatable bonds is 10. The molecule has 136 valence electrons. The molecule has 0 aromatic heterocycles. The standard InChI is InChI=1S/C22H31NO2/c1-17(2)13-14-24-22-8-6-5-7-20(22)16-23-15-19-9-11-21(12-10-19)25-18(3)4/h5-12,17-18,23H,13-16H2,1-4H3. The molecule has 1 N–H and O–H groups in total. The first-order chi connectivity index (χ1) is 12.0. The minimum atomic E-state index is 0.205. The highest BCUT2D eigenvalue weighted by Crippen LogP contribution is 2.19. The van der Waals surface area contributed by atoms with Crippen LogP contribution in [0.1, 0.15) is 45.2 Å². The Morgan fingerprint density at radius 2 is 1.60 bits per heavy atom. The molecule has 2 aromatic rings. The molecule has 2 rings (SSSR count). The van der Waals surface area contributed by atoms with Gasteiger partial charge in [-0.2, -0.15) is 0 Å². The summed E-state index contributed by atoms with van der Waals surface area (Å²) in [6.07, 6.45) is 1.28. The SMILES string of the molecule is CC(C)CCOc1ccccc1CNCc1ccc(OC(C)C)cc1. The van der Waals surface area contributed by atoms with E-state index in [0.717, 1.165) is 37.6 Å². The second-order valence-corrected chi connectivity index (χ2v) is 7.05. The number of ether oxygens (including phenoxy) is 2. The summed E-state index contributed by atoms with van der Waals surface area (Å²) in [5, 5.41) is 3.50. The Kier molecular flexibility index (Phi) is 7.80. The molecule has 0 radical (unpaired) electrons. The van der Waals surface area contributed by atoms with Crippen LogP contribution in [-0.4, -0.2) is 12.7 Å². The Labute approximate surface area is 152 Å². The molecule has 0 aliphatic heterocycles. The predicted octanol–water partition coefficient (Wildman–Crippen LogP) is 5.19. The van der Waals surface area contributed by atoms with Crippen LogP contribution in [0.2, 0.25) is 0 Å². The normalized spacial score (nSPS) is 11.1. The van der Waals surface area contributed by atoms with Gasteiger partial charge in [0.2, 0.25) is 0 Å². The van der Waals surface area contributed by atoms with Crippen LogP contribution in [0.5, 0.6) is 11.5 Å². The molecule has 0 bridgehead atoms. The van der Waals surface area contributed by atoms with Crippen LogP contribution in [0.15, 0.2) is 48.5 Å². The van der Waals surface area contributed by atoms with Crippen LogP contribution in [-0.2, 0) is 13.1 Å². The van der Waals surface area contributed by atoms with Gasteiger partial charge in [-0.3, -0.25) is 0 Å². The lowest BCUT2D eigenvalue weighted by molar-refractivity contribution is 0.242. The fraction of sp³-hybridized carbons (Fsp3) is 0.455. The maximum Gasteiger partial charge on any atom is 0.123 e. The lowest BCUT2D eigenvalue weighted by atomic mass is 10.1. The van der Waals surface area contributed by atoms with Gasteiger partial charge in [-0.1, -0.05) is 44.2 Å². The monoisotopic (exact) mass is 341 g/mol. The first-order valence-electron chi connectivity index (χ1n) is 9.21. The zero-order chi connectivity index (χ0) is 18.1. The summed E-state index contributed by atoms with van der Waals surface area (Å²) in [7, 11) is 0. The minimum absolute atomic E-state index is 0.205. The highest BCUT2D eigenvalue weighted by Gasteiger charge is 2.04. The van der Waals surface area contributed by atoms with Gasteiger partial charge in [-0.15, -0.1) is 0 Å². The number of benzene rings is 2. The van der Waals surface area contributed by atoms with Gasteiger partial charge in [-0.05, 0) is 49.9 Å². The first-order valence-corrected chi connectivity index (χ1v) is 9.21. The molecule has 0 atom stereocenters. The van der Waals surface area contributed by atoms with E-state index in [-0.39, 0.29) is 6.10 Å². The molecule has 0 aliphatic carbocycles. The van der Waals surface area contributed by atoms with Crippen molar-refractivity contribution in [3.63, 3.8) is 0 Å². The molecule has 0 saturated carbocycles. The van der Waals surface area contributed by atoms with E-state index in [1.54, 1.807) is 0 Å². The van der Waals surface area contributed by atoms with Gasteiger partial charge in [0.1, 0.15) is 11.5 Å². The summed E-state index contributed by atoms with van der Waals surface area (Å²) >= 11 is 0. The Bertz CT molecular complexity index is 620. The summed E-state index contributed by atoms with van der Waals surface area (Å²) < 4.78 is 11.6. The fourth-order valence-electron chi connectivity index (χ4n) is 2.49. The molecule has 0 amide bonds. The second-order valence-electron chi connectivity index (χ2n) is 7.05. The lowest BCUT2D eigenvalue weighted by Crippen LogP contribution is -2.14. The van der Waals surface area contributed by atoms with Crippen molar-refractivity contribution in [3.05, 3.63) is 59.7 Å². The fourth-order valence-corrected chi connectivity index (χ4v) is 2.49. The van der Waals surface area contributed by atoms with Gasteiger partial charge in [0.25, 0.3) is 0 Å². The number of hydrogen-bond donors (Lipinski definition) is 1. The molecular formula is C22H31NO2. The van der Waals surface area contributed by atoms with Crippen molar-refractivity contribution in [1.82, 2.24) is 5.32 Å². The number of hydrogen-bond acceptors (Lipinski definition) is 3. The molecule has 0 aliphatic rings. The van der Waals surface area contributed by atoms with E-state index in [1.165, 1.54) is 11.1 Å². The number of nitrogens with one attached hydrogen (secondary N) is 1. The van der Waals surface area contributed by atoms with Gasteiger partial charge in [0, 0.05) is 18.7 Å². The third-order valence-corrected chi connectivity index (χ3v) is 3.87. The van der Waals surface area contributed by atoms with Crippen LogP contribution in [0.4, 0.5) is 0 Å². The Balaban J connectivity index is 1.83. The Morgan fingerprint density at radius 3 is 2.28 bits per heavy atom. The van der Waals surface area contributed by atoms with Crippen LogP contribution < -0.4 is 14.8 Å². The topological polar surface area (TPSA) is 30.5 Å². The first kappa shape index (κ1) is 19.3. The van der Waals surface area contributed by atoms with E-state index < -0.39 is 0 Å². The van der Waals surface area contributed by atoms with Crippen LogP contribution in [0.3, 0.4) is 0 Å². The van der Waals surface area contributed by atoms with Crippen LogP contribution in [0, 0.1) is 5.92 Å². The van der Waals surface area contributed by atoms with E-state index in [9.17, 15) is 0 Å². The van der Waals surface area contributed by atoms with Crippen LogP contribution >= 0.6 is 0 Å². The average Bonchev–Trinajstić information content (AvgIpc) is 2.57. The van der Waals surface area contributed by atoms with Crippen molar-refractivity contribution in [1.29, 1.82) is 0 Å². The Morgan fingerprint density at radius 1 is 0.880 bits per heavy atom. The zero-order valence-electron chi connectivity index (χ0n) is 15.9. The molecule has 25 heavy (non-hydrogen) atoms. The molecule has 0 heterocycles. The molecule has 3 heteroatoms. The van der Waals surface area contributed by atoms with Gasteiger partial charge in [-0.25, -0.2) is 0 Å². The molecule has 0 fully saturated rings. The van der Waals surface area contributed by atoms with Crippen molar-refractivity contribution in [3.8, 4) is 11.5 Å². The maximum atomic E-state index is 5.95. The van der Waals surface area contributed by atoms with Gasteiger partial charge < -0.3 is 14.8 Å². The minimum Gasteiger partial charge on any atom is -0.493 e. The third kappa shape index (κ3) is 7.18. The third-order valence-electron chi connectivity index (χ3n) is 3.87. The molecular weight excluding hydrogens is 310 g/mol. The van der Waals surface area contributed by atoms with Crippen LogP contribution in [0.25, 0.3) is 0 Å². The van der Waals surface area contributed by atoms with E-state index in [0.29, 0.717) is 5.92 Å². The molecule has 0 saturated heterocycles. The summed E-state index contributed by atoms with van der Waals surface area (Å²) in [6, 6.07) is 16.5. The summed E-state index contributed by atoms with van der Waals surface area (Å²) in [4.78, 5) is 0. The van der Waals surface area contributed by atoms with E-state index in [1.807, 2.05) is 32.0 Å². The van der Waals surface area contributed by atoms with E-state index in [4.69, 9.17) is 9.47 Å². The quantitative estimate of drug-likeness (QED) is 0.645. The highest BCUT2D eigenvalue weighted by atomic mass is 16.5. The summed E-state index contributed by atoms with van der Waals surface area (Å²) in [6.45, 7) is 10.9. The molecule has 0 unspecified atom stereocenters. The average molecular weight is 341 g/mol. The zero-order valence-corrected chi connectivity index (χ0v) is 15.9. The second kappa shape index (κ2) is 10.1. The number of para-hydroxylation sites is 1. The van der Waals surface area contributed by atoms with E-state index >= 15 is 0 Å². The van der Waals surface area contributed by atoms with Gasteiger partial charge >= 0.3 is 0 Å². The lowest BCUT2D eigenvalue weighted by Gasteiger charge is -2.13. The van der Waals surface area contributed by atoms with Gasteiger partial charge in [0.15, 0.2) is 0 Å². The van der Waals surface area contributed by atoms with Crippen molar-refractivity contribution in [2.75, 3.05) is 6.61 Å². The largest absolute Gasteiger partial charge is 0.493 e. The van der Waals surface area contributed by atoms with Crippen molar-refractivity contribution in [2.24, 2.45) is 5.92 Å². The predicted molar refractivity (Wildman–Crippen MR) is 104 cm³/mol. The van der Waals surface area contributed by atoms with Crippen molar-refractivity contribution in [2.45, 2.75) is 53.3 Å². The maximum absolute atomic E-state index is 5.95. The van der Waals surface area contributed by atoms with Gasteiger partial charge in [0.05, 0.1) is 12.7 Å². The smallest absolute Gasteiger partial charge is 0.123 e. The molecule has 3 nitrogen and oxygen atoms in total. The van der Waals surface area contributed by atoms with E-state index in [2.05, 4.69) is 49.5 Å². The van der Waals surface area contributed by atoms with Crippen molar-refractivity contribution >= 4 is 0 Å². The van der Waals surface area contributed by atoms with Crippen molar-refractivity contribution < 1.29 is 9.47 Å². The highest BCUT2D eigenvalue weighted by molar-refractivity contribution is 5.33.